The smallest absolute Gasteiger partial charge is 0.174 e. The summed E-state index contributed by atoms with van der Waals surface area (Å²) in [6.45, 7) is 0.351. The summed E-state index contributed by atoms with van der Waals surface area (Å²) in [4.78, 5) is 0. The van der Waals surface area contributed by atoms with Crippen LogP contribution in [0.4, 0.5) is 4.39 Å². The predicted octanol–water partition coefficient (Wildman–Crippen LogP) is 2.43. The van der Waals surface area contributed by atoms with E-state index in [0.29, 0.717) is 6.54 Å². The fourth-order valence-corrected chi connectivity index (χ4v) is 2.81. The minimum Gasteiger partial charge on any atom is -0.326 e. The largest absolute Gasteiger partial charge is 0.326 e. The molecule has 1 heterocycles. The molecule has 2 N–H and O–H groups in total. The number of nitrogens with zero attached hydrogens (tertiary/aromatic N) is 2. The van der Waals surface area contributed by atoms with Gasteiger partial charge in [-0.25, -0.2) is 4.39 Å². The van der Waals surface area contributed by atoms with E-state index in [2.05, 4.69) is 10.2 Å². The Labute approximate surface area is 101 Å². The van der Waals surface area contributed by atoms with Gasteiger partial charge < -0.3 is 5.73 Å². The van der Waals surface area contributed by atoms with E-state index in [4.69, 9.17) is 5.73 Å². The van der Waals surface area contributed by atoms with Gasteiger partial charge in [-0.05, 0) is 23.3 Å². The van der Waals surface area contributed by atoms with Crippen molar-refractivity contribution >= 4 is 23.1 Å². The maximum Gasteiger partial charge on any atom is 0.174 e. The van der Waals surface area contributed by atoms with E-state index >= 15 is 0 Å². The first-order valence-corrected chi connectivity index (χ1v) is 6.52. The molecule has 0 aliphatic carbocycles. The van der Waals surface area contributed by atoms with Crippen LogP contribution in [0.1, 0.15) is 11.1 Å². The molecule has 0 saturated heterocycles. The van der Waals surface area contributed by atoms with Gasteiger partial charge in [0.05, 0.1) is 0 Å². The number of nitrogens with two attached hydrogens (primary N) is 1. The molecular weight excluding hydrogens is 245 g/mol. The van der Waals surface area contributed by atoms with Gasteiger partial charge in [0.15, 0.2) is 4.34 Å². The monoisotopic (exact) mass is 255 g/mol. The Morgan fingerprint density at radius 2 is 2.25 bits per heavy atom. The van der Waals surface area contributed by atoms with E-state index in [9.17, 15) is 4.39 Å². The molecule has 1 aromatic carbocycles. The lowest BCUT2D eigenvalue weighted by atomic mass is 10.1. The van der Waals surface area contributed by atoms with Crippen molar-refractivity contribution in [2.24, 2.45) is 5.73 Å². The highest BCUT2D eigenvalue weighted by molar-refractivity contribution is 8.00. The molecule has 84 valence electrons. The predicted molar refractivity (Wildman–Crippen MR) is 63.8 cm³/mol. The van der Waals surface area contributed by atoms with Crippen molar-refractivity contribution < 1.29 is 4.39 Å². The second kappa shape index (κ2) is 5.38. The van der Waals surface area contributed by atoms with Crippen molar-refractivity contribution in [3.05, 3.63) is 40.7 Å². The number of halogens is 1. The highest BCUT2D eigenvalue weighted by atomic mass is 32.2. The lowest BCUT2D eigenvalue weighted by Gasteiger charge is -2.06. The Hall–Kier alpha value is -0.980. The molecule has 2 aromatic rings. The summed E-state index contributed by atoms with van der Waals surface area (Å²) in [6, 6.07) is 4.71. The van der Waals surface area contributed by atoms with Gasteiger partial charge >= 0.3 is 0 Å². The molecule has 0 amide bonds. The normalized spacial score (nSPS) is 10.6. The molecule has 0 spiro atoms. The first-order valence-electron chi connectivity index (χ1n) is 4.66. The third-order valence-corrected chi connectivity index (χ3v) is 3.99. The van der Waals surface area contributed by atoms with Gasteiger partial charge in [-0.2, -0.15) is 0 Å². The average molecular weight is 255 g/mol. The quantitative estimate of drug-likeness (QED) is 0.852. The van der Waals surface area contributed by atoms with Crippen molar-refractivity contribution in [2.45, 2.75) is 16.6 Å². The summed E-state index contributed by atoms with van der Waals surface area (Å²) in [6.07, 6.45) is 0. The summed E-state index contributed by atoms with van der Waals surface area (Å²) in [7, 11) is 0. The SMILES string of the molecule is NCc1cc(F)ccc1CSc1nncs1. The van der Waals surface area contributed by atoms with E-state index in [0.717, 1.165) is 21.2 Å². The molecule has 0 bridgehead atoms. The molecule has 0 aliphatic heterocycles. The maximum absolute atomic E-state index is 13.0. The standard InChI is InChI=1S/C10H10FN3S2/c11-9-2-1-7(8(3-9)4-12)5-15-10-14-13-6-16-10/h1-3,6H,4-5,12H2. The van der Waals surface area contributed by atoms with Crippen LogP contribution in [-0.4, -0.2) is 10.2 Å². The second-order valence-electron chi connectivity index (χ2n) is 3.11. The highest BCUT2D eigenvalue weighted by Gasteiger charge is 2.05. The van der Waals surface area contributed by atoms with Gasteiger partial charge in [0.25, 0.3) is 0 Å². The number of benzene rings is 1. The maximum atomic E-state index is 13.0. The summed E-state index contributed by atoms with van der Waals surface area (Å²) in [5, 5.41) is 7.68. The summed E-state index contributed by atoms with van der Waals surface area (Å²) in [5.41, 5.74) is 9.15. The van der Waals surface area contributed by atoms with Crippen LogP contribution in [0.3, 0.4) is 0 Å². The third kappa shape index (κ3) is 2.78. The zero-order valence-corrected chi connectivity index (χ0v) is 10.0. The van der Waals surface area contributed by atoms with Gasteiger partial charge in [-0.3, -0.25) is 0 Å². The van der Waals surface area contributed by atoms with Crippen molar-refractivity contribution in [3.63, 3.8) is 0 Å². The van der Waals surface area contributed by atoms with Gasteiger partial charge in [0, 0.05) is 12.3 Å². The molecule has 0 radical (unpaired) electrons. The van der Waals surface area contributed by atoms with Crippen LogP contribution in [0.25, 0.3) is 0 Å². The van der Waals surface area contributed by atoms with Crippen molar-refractivity contribution in [1.82, 2.24) is 10.2 Å². The summed E-state index contributed by atoms with van der Waals surface area (Å²) in [5.74, 6) is 0.493. The van der Waals surface area contributed by atoms with Crippen LogP contribution in [0, 0.1) is 5.82 Å². The summed E-state index contributed by atoms with van der Waals surface area (Å²) < 4.78 is 13.9. The zero-order chi connectivity index (χ0) is 11.4. The van der Waals surface area contributed by atoms with Crippen molar-refractivity contribution in [3.8, 4) is 0 Å². The molecule has 0 saturated carbocycles. The number of hydrogen-bond donors (Lipinski definition) is 1. The number of aromatic nitrogens is 2. The van der Waals surface area contributed by atoms with Gasteiger partial charge in [-0.1, -0.05) is 29.2 Å². The van der Waals surface area contributed by atoms with Crippen molar-refractivity contribution in [1.29, 1.82) is 0 Å². The fraction of sp³-hybridized carbons (Fsp3) is 0.200. The van der Waals surface area contributed by atoms with Gasteiger partial charge in [-0.15, -0.1) is 10.2 Å². The Morgan fingerprint density at radius 1 is 1.38 bits per heavy atom. The van der Waals surface area contributed by atoms with E-state index in [1.807, 2.05) is 0 Å². The van der Waals surface area contributed by atoms with Crippen LogP contribution >= 0.6 is 23.1 Å². The third-order valence-electron chi connectivity index (χ3n) is 2.08. The molecule has 1 aromatic heterocycles. The minimum absolute atomic E-state index is 0.245. The Kier molecular flexibility index (Phi) is 3.87. The van der Waals surface area contributed by atoms with Crippen LogP contribution in [0.2, 0.25) is 0 Å². The molecule has 2 rings (SSSR count). The molecule has 0 fully saturated rings. The van der Waals surface area contributed by atoms with Gasteiger partial charge in [0.1, 0.15) is 11.3 Å². The first-order chi connectivity index (χ1) is 7.79. The average Bonchev–Trinajstić information content (AvgIpc) is 2.80. The van der Waals surface area contributed by atoms with Crippen LogP contribution in [0.15, 0.2) is 28.0 Å². The van der Waals surface area contributed by atoms with E-state index in [1.165, 1.54) is 23.5 Å². The zero-order valence-electron chi connectivity index (χ0n) is 8.39. The molecule has 0 aliphatic rings. The Bertz CT molecular complexity index is 459. The van der Waals surface area contributed by atoms with Crippen LogP contribution in [0.5, 0.6) is 0 Å². The molecule has 6 heteroatoms. The van der Waals surface area contributed by atoms with E-state index < -0.39 is 0 Å². The first kappa shape index (κ1) is 11.5. The number of hydrogen-bond acceptors (Lipinski definition) is 5. The second-order valence-corrected chi connectivity index (χ2v) is 5.17. The van der Waals surface area contributed by atoms with E-state index in [-0.39, 0.29) is 5.82 Å². The Balaban J connectivity index is 2.09. The molecule has 0 atom stereocenters. The molecular formula is C10H10FN3S2. The summed E-state index contributed by atoms with van der Waals surface area (Å²) >= 11 is 3.08. The highest BCUT2D eigenvalue weighted by Crippen LogP contribution is 2.25. The molecule has 3 nitrogen and oxygen atoms in total. The fourth-order valence-electron chi connectivity index (χ4n) is 1.29. The molecule has 0 unspecified atom stereocenters. The number of thioether (sulfide) groups is 1. The van der Waals surface area contributed by atoms with E-state index in [1.54, 1.807) is 23.3 Å². The lowest BCUT2D eigenvalue weighted by molar-refractivity contribution is 0.624. The van der Waals surface area contributed by atoms with Crippen LogP contribution < -0.4 is 5.73 Å². The number of rotatable bonds is 4. The Morgan fingerprint density at radius 3 is 2.94 bits per heavy atom. The molecule has 16 heavy (non-hydrogen) atoms. The lowest BCUT2D eigenvalue weighted by Crippen LogP contribution is -2.01. The minimum atomic E-state index is -0.245. The van der Waals surface area contributed by atoms with Crippen LogP contribution in [-0.2, 0) is 12.3 Å². The topological polar surface area (TPSA) is 51.8 Å². The van der Waals surface area contributed by atoms with Crippen molar-refractivity contribution in [2.75, 3.05) is 0 Å². The van der Waals surface area contributed by atoms with Gasteiger partial charge in [0.2, 0.25) is 0 Å².